The maximum absolute atomic E-state index is 11.0. The van der Waals surface area contributed by atoms with Crippen molar-refractivity contribution >= 4 is 6.09 Å². The van der Waals surface area contributed by atoms with E-state index in [0.717, 1.165) is 6.42 Å². The van der Waals surface area contributed by atoms with Crippen molar-refractivity contribution in [1.82, 2.24) is 5.32 Å². The van der Waals surface area contributed by atoms with Crippen LogP contribution >= 0.6 is 0 Å². The van der Waals surface area contributed by atoms with Crippen molar-refractivity contribution in [3.63, 3.8) is 0 Å². The zero-order chi connectivity index (χ0) is 13.0. The Labute approximate surface area is 97.8 Å². The molecule has 98 valence electrons. The summed E-state index contributed by atoms with van der Waals surface area (Å²) in [7, 11) is 0. The molecule has 0 rings (SSSR count). The van der Waals surface area contributed by atoms with E-state index in [1.54, 1.807) is 0 Å². The number of hydrogen-bond donors (Lipinski definition) is 3. The van der Waals surface area contributed by atoms with Crippen molar-refractivity contribution in [3.8, 4) is 0 Å². The molecule has 1 atom stereocenters. The molecule has 16 heavy (non-hydrogen) atoms. The summed E-state index contributed by atoms with van der Waals surface area (Å²) in [6.45, 7) is 7.84. The molecule has 0 heterocycles. The minimum absolute atomic E-state index is 0.368. The topological polar surface area (TPSA) is 78.8 Å². The molecule has 0 aliphatic heterocycles. The van der Waals surface area contributed by atoms with Gasteiger partial charge in [0.15, 0.2) is 0 Å². The maximum Gasteiger partial charge on any atom is 0.407 e. The summed E-state index contributed by atoms with van der Waals surface area (Å²) in [6, 6.07) is 0. The number of alkyl carbamates (subject to hydrolysis) is 1. The lowest BCUT2D eigenvalue weighted by Gasteiger charge is -2.14. The molecular weight excluding hydrogens is 210 g/mol. The second kappa shape index (κ2) is 12.3. The highest BCUT2D eigenvalue weighted by Crippen LogP contribution is 1.98. The Hall–Kier alpha value is -0.810. The molecule has 0 aromatic heterocycles. The number of rotatable bonds is 6. The highest BCUT2D eigenvalue weighted by atomic mass is 16.6. The first-order valence-corrected chi connectivity index (χ1v) is 5.80. The fourth-order valence-electron chi connectivity index (χ4n) is 0.727. The van der Waals surface area contributed by atoms with Crippen LogP contribution in [0.4, 0.5) is 4.79 Å². The third-order valence-corrected chi connectivity index (χ3v) is 1.97. The van der Waals surface area contributed by atoms with Crippen LogP contribution in [0.1, 0.15) is 34.1 Å². The first-order valence-electron chi connectivity index (χ1n) is 5.80. The van der Waals surface area contributed by atoms with Crippen LogP contribution in [-0.4, -0.2) is 42.2 Å². The Kier molecular flexibility index (Phi) is 13.5. The molecule has 5 heteroatoms. The van der Waals surface area contributed by atoms with Gasteiger partial charge in [-0.25, -0.2) is 4.79 Å². The van der Waals surface area contributed by atoms with Crippen LogP contribution in [0.2, 0.25) is 0 Å². The number of hydrogen-bond acceptors (Lipinski definition) is 4. The summed E-state index contributed by atoms with van der Waals surface area (Å²) in [6.07, 6.45) is -0.450. The molecule has 0 saturated carbocycles. The summed E-state index contributed by atoms with van der Waals surface area (Å²) in [4.78, 5) is 11.0. The van der Waals surface area contributed by atoms with Gasteiger partial charge in [-0.2, -0.15) is 0 Å². The van der Waals surface area contributed by atoms with Gasteiger partial charge in [-0.1, -0.05) is 34.1 Å². The number of amides is 1. The van der Waals surface area contributed by atoms with Gasteiger partial charge in [0, 0.05) is 6.54 Å². The van der Waals surface area contributed by atoms with E-state index in [0.29, 0.717) is 12.5 Å². The monoisotopic (exact) mass is 235 g/mol. The van der Waals surface area contributed by atoms with Gasteiger partial charge in [0.1, 0.15) is 6.10 Å². The zero-order valence-electron chi connectivity index (χ0n) is 10.7. The molecule has 0 aliphatic carbocycles. The zero-order valence-corrected chi connectivity index (χ0v) is 10.7. The standard InChI is InChI=1S/C9H19NO4.C2H6/c1-3-7(2)4-10-9(13)14-8(5-11)6-12;1-2/h7-8,11-12H,3-6H2,1-2H3,(H,10,13);1-2H3. The van der Waals surface area contributed by atoms with E-state index < -0.39 is 12.2 Å². The van der Waals surface area contributed by atoms with Gasteiger partial charge in [0.25, 0.3) is 0 Å². The third-order valence-electron chi connectivity index (χ3n) is 1.97. The van der Waals surface area contributed by atoms with Crippen LogP contribution in [0.5, 0.6) is 0 Å². The van der Waals surface area contributed by atoms with Crippen molar-refractivity contribution < 1.29 is 19.7 Å². The summed E-state index contributed by atoms with van der Waals surface area (Å²) in [5, 5.41) is 19.8. The number of ether oxygens (including phenoxy) is 1. The molecule has 0 bridgehead atoms. The van der Waals surface area contributed by atoms with Crippen molar-refractivity contribution in [2.24, 2.45) is 5.92 Å². The Morgan fingerprint density at radius 1 is 1.31 bits per heavy atom. The SMILES string of the molecule is CC.CCC(C)CNC(=O)OC(CO)CO. The Morgan fingerprint density at radius 3 is 2.19 bits per heavy atom. The van der Waals surface area contributed by atoms with Crippen LogP contribution in [0.15, 0.2) is 0 Å². The van der Waals surface area contributed by atoms with Gasteiger partial charge >= 0.3 is 6.09 Å². The first-order chi connectivity index (χ1) is 7.63. The smallest absolute Gasteiger partial charge is 0.407 e. The second-order valence-corrected chi connectivity index (χ2v) is 3.29. The van der Waals surface area contributed by atoms with Crippen LogP contribution in [-0.2, 0) is 4.74 Å². The normalized spacial score (nSPS) is 11.4. The summed E-state index contributed by atoms with van der Waals surface area (Å²) < 4.78 is 4.69. The Bertz CT molecular complexity index is 160. The molecule has 5 nitrogen and oxygen atoms in total. The molecule has 0 fully saturated rings. The average molecular weight is 235 g/mol. The van der Waals surface area contributed by atoms with E-state index in [2.05, 4.69) is 5.32 Å². The molecule has 0 aromatic rings. The lowest BCUT2D eigenvalue weighted by Crippen LogP contribution is -2.34. The van der Waals surface area contributed by atoms with Crippen LogP contribution in [0.3, 0.4) is 0 Å². The number of carbonyl (C=O) groups is 1. The minimum atomic E-state index is -0.827. The summed E-state index contributed by atoms with van der Waals surface area (Å²) in [5.74, 6) is 0.393. The molecule has 0 spiro atoms. The van der Waals surface area contributed by atoms with Gasteiger partial charge < -0.3 is 20.3 Å². The van der Waals surface area contributed by atoms with Gasteiger partial charge in [0.05, 0.1) is 13.2 Å². The number of nitrogens with one attached hydrogen (secondary N) is 1. The van der Waals surface area contributed by atoms with Crippen LogP contribution < -0.4 is 5.32 Å². The van der Waals surface area contributed by atoms with Gasteiger partial charge in [-0.05, 0) is 5.92 Å². The van der Waals surface area contributed by atoms with Gasteiger partial charge in [-0.3, -0.25) is 0 Å². The predicted octanol–water partition coefficient (Wildman–Crippen LogP) is 1.14. The molecule has 3 N–H and O–H groups in total. The van der Waals surface area contributed by atoms with Gasteiger partial charge in [0.2, 0.25) is 0 Å². The predicted molar refractivity (Wildman–Crippen MR) is 63.2 cm³/mol. The number of aliphatic hydroxyl groups is 2. The lowest BCUT2D eigenvalue weighted by atomic mass is 10.1. The van der Waals surface area contributed by atoms with E-state index in [9.17, 15) is 4.79 Å². The fraction of sp³-hybridized carbons (Fsp3) is 0.909. The summed E-state index contributed by atoms with van der Waals surface area (Å²) >= 11 is 0. The van der Waals surface area contributed by atoms with Crippen LogP contribution in [0.25, 0.3) is 0 Å². The second-order valence-electron chi connectivity index (χ2n) is 3.29. The highest BCUT2D eigenvalue weighted by molar-refractivity contribution is 5.67. The number of carbonyl (C=O) groups excluding carboxylic acids is 1. The molecule has 0 aliphatic rings. The molecule has 0 aromatic carbocycles. The van der Waals surface area contributed by atoms with E-state index in [-0.39, 0.29) is 13.2 Å². The fourth-order valence-corrected chi connectivity index (χ4v) is 0.727. The first kappa shape index (κ1) is 17.6. The molecule has 1 amide bonds. The quantitative estimate of drug-likeness (QED) is 0.645. The van der Waals surface area contributed by atoms with Crippen molar-refractivity contribution in [3.05, 3.63) is 0 Å². The van der Waals surface area contributed by atoms with E-state index >= 15 is 0 Å². The number of aliphatic hydroxyl groups excluding tert-OH is 2. The summed E-state index contributed by atoms with van der Waals surface area (Å²) in [5.41, 5.74) is 0. The van der Waals surface area contributed by atoms with E-state index in [4.69, 9.17) is 14.9 Å². The molecule has 0 radical (unpaired) electrons. The average Bonchev–Trinajstić information content (AvgIpc) is 2.35. The third kappa shape index (κ3) is 9.73. The Morgan fingerprint density at radius 2 is 1.81 bits per heavy atom. The molecular formula is C11H25NO4. The van der Waals surface area contributed by atoms with Crippen molar-refractivity contribution in [2.75, 3.05) is 19.8 Å². The molecule has 0 saturated heterocycles. The van der Waals surface area contributed by atoms with Crippen molar-refractivity contribution in [2.45, 2.75) is 40.2 Å². The maximum atomic E-state index is 11.0. The minimum Gasteiger partial charge on any atom is -0.441 e. The van der Waals surface area contributed by atoms with Crippen molar-refractivity contribution in [1.29, 1.82) is 0 Å². The molecule has 1 unspecified atom stereocenters. The largest absolute Gasteiger partial charge is 0.441 e. The Balaban J connectivity index is 0. The van der Waals surface area contributed by atoms with E-state index in [1.165, 1.54) is 0 Å². The highest BCUT2D eigenvalue weighted by Gasteiger charge is 2.12. The van der Waals surface area contributed by atoms with E-state index in [1.807, 2.05) is 27.7 Å². The lowest BCUT2D eigenvalue weighted by molar-refractivity contribution is 0.0219. The van der Waals surface area contributed by atoms with Crippen LogP contribution in [0, 0.1) is 5.92 Å². The van der Waals surface area contributed by atoms with Gasteiger partial charge in [-0.15, -0.1) is 0 Å².